The highest BCUT2D eigenvalue weighted by molar-refractivity contribution is 6.35. The Bertz CT molecular complexity index is 685. The molecule has 0 saturated carbocycles. The lowest BCUT2D eigenvalue weighted by Gasteiger charge is -2.06. The van der Waals surface area contributed by atoms with Gasteiger partial charge in [-0.2, -0.15) is 0 Å². The van der Waals surface area contributed by atoms with Crippen LogP contribution in [0.1, 0.15) is 33.3 Å². The summed E-state index contributed by atoms with van der Waals surface area (Å²) in [4.78, 5) is 26.8. The van der Waals surface area contributed by atoms with Crippen LogP contribution in [0, 0.1) is 0 Å². The van der Waals surface area contributed by atoms with E-state index in [1.165, 1.54) is 0 Å². The van der Waals surface area contributed by atoms with Crippen LogP contribution in [0.5, 0.6) is 0 Å². The molecule has 0 radical (unpaired) electrons. The van der Waals surface area contributed by atoms with Gasteiger partial charge in [-0.05, 0) is 11.6 Å². The second kappa shape index (κ2) is 12.3. The lowest BCUT2D eigenvalue weighted by Crippen LogP contribution is -2.39. The minimum Gasteiger partial charge on any atom is -0.350 e. The molecule has 0 saturated heterocycles. The largest absolute Gasteiger partial charge is 0.350 e. The van der Waals surface area contributed by atoms with E-state index in [1.807, 2.05) is 45.4 Å². The molecule has 25 heavy (non-hydrogen) atoms. The fraction of sp³-hybridized carbons (Fsp3) is 0.471. The number of nitrogens with two attached hydrogens (primary N) is 1. The second-order valence-electron chi connectivity index (χ2n) is 4.56. The number of hydrogen-bond donors (Lipinski definition) is 3. The number of amides is 2. The minimum absolute atomic E-state index is 0.0994. The van der Waals surface area contributed by atoms with Crippen LogP contribution < -0.4 is 16.4 Å². The maximum absolute atomic E-state index is 11.6. The molecule has 0 bridgehead atoms. The van der Waals surface area contributed by atoms with Crippen LogP contribution in [0.25, 0.3) is 11.0 Å². The van der Waals surface area contributed by atoms with Crippen LogP contribution >= 0.6 is 11.6 Å². The first-order valence-corrected chi connectivity index (χ1v) is 8.72. The van der Waals surface area contributed by atoms with E-state index in [0.29, 0.717) is 11.6 Å². The van der Waals surface area contributed by atoms with Crippen molar-refractivity contribution in [3.05, 3.63) is 29.0 Å². The fourth-order valence-electron chi connectivity index (χ4n) is 1.87. The number of carbonyl (C=O) groups excluding carboxylic acids is 2. The van der Waals surface area contributed by atoms with E-state index in [4.69, 9.17) is 17.3 Å². The van der Waals surface area contributed by atoms with Crippen molar-refractivity contribution in [1.29, 1.82) is 0 Å². The van der Waals surface area contributed by atoms with Gasteiger partial charge in [-0.25, -0.2) is 4.98 Å². The van der Waals surface area contributed by atoms with Crippen molar-refractivity contribution in [3.63, 3.8) is 0 Å². The molecule has 0 fully saturated rings. The summed E-state index contributed by atoms with van der Waals surface area (Å²) < 4.78 is 1.84. The molecule has 8 heteroatoms. The third-order valence-electron chi connectivity index (χ3n) is 2.94. The van der Waals surface area contributed by atoms with Crippen molar-refractivity contribution in [2.75, 3.05) is 13.1 Å². The van der Waals surface area contributed by atoms with Crippen LogP contribution in [0.3, 0.4) is 0 Å². The van der Waals surface area contributed by atoms with Crippen molar-refractivity contribution in [2.45, 2.75) is 34.2 Å². The van der Waals surface area contributed by atoms with Gasteiger partial charge in [0.25, 0.3) is 0 Å². The number of pyridine rings is 1. The molecule has 0 atom stereocenters. The molecule has 140 valence electrons. The Morgan fingerprint density at radius 2 is 1.84 bits per heavy atom. The van der Waals surface area contributed by atoms with Gasteiger partial charge in [0.15, 0.2) is 0 Å². The van der Waals surface area contributed by atoms with Crippen molar-refractivity contribution in [2.24, 2.45) is 12.8 Å². The fourth-order valence-corrected chi connectivity index (χ4v) is 2.15. The van der Waals surface area contributed by atoms with Gasteiger partial charge in [0.2, 0.25) is 11.8 Å². The van der Waals surface area contributed by atoms with Gasteiger partial charge in [-0.1, -0.05) is 39.3 Å². The predicted octanol–water partition coefficient (Wildman–Crippen LogP) is 1.97. The Hall–Kier alpha value is -2.12. The number of nitrogens with zero attached hydrogens (tertiary/aromatic N) is 2. The summed E-state index contributed by atoms with van der Waals surface area (Å²) in [6.45, 7) is 8.07. The molecule has 7 nitrogen and oxygen atoms in total. The Labute approximate surface area is 153 Å². The summed E-state index contributed by atoms with van der Waals surface area (Å²) in [5.41, 5.74) is 6.74. The third kappa shape index (κ3) is 7.11. The maximum atomic E-state index is 11.6. The van der Waals surface area contributed by atoms with Crippen molar-refractivity contribution in [1.82, 2.24) is 20.2 Å². The van der Waals surface area contributed by atoms with Gasteiger partial charge < -0.3 is 20.9 Å². The molecule has 2 aromatic heterocycles. The van der Waals surface area contributed by atoms with Crippen molar-refractivity contribution < 1.29 is 9.59 Å². The zero-order chi connectivity index (χ0) is 19.4. The topological polar surface area (TPSA) is 102 Å². The van der Waals surface area contributed by atoms with E-state index in [2.05, 4.69) is 15.6 Å². The number of rotatable bonds is 5. The summed E-state index contributed by atoms with van der Waals surface area (Å²) in [6.07, 6.45) is 3.46. The summed E-state index contributed by atoms with van der Waals surface area (Å²) in [5, 5.41) is 6.53. The van der Waals surface area contributed by atoms with Gasteiger partial charge in [0.05, 0.1) is 18.1 Å². The third-order valence-corrected chi connectivity index (χ3v) is 3.24. The zero-order valence-corrected chi connectivity index (χ0v) is 16.3. The Morgan fingerprint density at radius 1 is 1.20 bits per heavy atom. The predicted molar refractivity (Wildman–Crippen MR) is 102 cm³/mol. The smallest absolute Gasteiger partial charge is 0.239 e. The molecule has 4 N–H and O–H groups in total. The number of nitrogens with one attached hydrogen (secondary N) is 2. The van der Waals surface area contributed by atoms with Crippen molar-refractivity contribution in [3.8, 4) is 0 Å². The summed E-state index contributed by atoms with van der Waals surface area (Å²) >= 11 is 6.11. The Kier molecular flexibility index (Phi) is 11.2. The van der Waals surface area contributed by atoms with Gasteiger partial charge >= 0.3 is 0 Å². The molecule has 0 unspecified atom stereocenters. The quantitative estimate of drug-likeness (QED) is 0.749. The molecular weight excluding hydrogens is 342 g/mol. The van der Waals surface area contributed by atoms with Crippen molar-refractivity contribution >= 4 is 34.4 Å². The molecule has 0 spiro atoms. The Morgan fingerprint density at radius 3 is 2.44 bits per heavy atom. The zero-order valence-electron chi connectivity index (χ0n) is 15.5. The Balaban J connectivity index is 0.00000134. The molecule has 0 aliphatic rings. The molecule has 2 rings (SSSR count). The highest BCUT2D eigenvalue weighted by Gasteiger charge is 2.08. The molecule has 2 amide bonds. The lowest BCUT2D eigenvalue weighted by atomic mass is 10.2. The number of carbonyl (C=O) groups is 2. The van der Waals surface area contributed by atoms with Gasteiger partial charge in [-0.15, -0.1) is 0 Å². The van der Waals surface area contributed by atoms with Gasteiger partial charge in [0, 0.05) is 31.4 Å². The van der Waals surface area contributed by atoms with E-state index in [1.54, 1.807) is 12.4 Å². The number of fused-ring (bicyclic) bond motifs is 1. The van der Waals surface area contributed by atoms with E-state index in [-0.39, 0.29) is 24.9 Å². The van der Waals surface area contributed by atoms with Crippen LogP contribution in [-0.4, -0.2) is 34.5 Å². The maximum Gasteiger partial charge on any atom is 0.239 e. The minimum atomic E-state index is -0.371. The van der Waals surface area contributed by atoms with Crippen LogP contribution in [0.2, 0.25) is 5.02 Å². The van der Waals surface area contributed by atoms with Gasteiger partial charge in [0.1, 0.15) is 5.65 Å². The molecule has 2 aromatic rings. The first-order valence-electron chi connectivity index (χ1n) is 8.34. The first kappa shape index (κ1) is 22.9. The number of halogens is 1. The average molecular weight is 370 g/mol. The van der Waals surface area contributed by atoms with E-state index in [9.17, 15) is 9.59 Å². The molecule has 2 heterocycles. The highest BCUT2D eigenvalue weighted by Crippen LogP contribution is 2.24. The van der Waals surface area contributed by atoms with Crippen LogP contribution in [0.4, 0.5) is 0 Å². The normalized spacial score (nSPS) is 9.40. The summed E-state index contributed by atoms with van der Waals surface area (Å²) in [7, 11) is 1.86. The van der Waals surface area contributed by atoms with Gasteiger partial charge in [-0.3, -0.25) is 9.59 Å². The van der Waals surface area contributed by atoms with Crippen LogP contribution in [-0.2, 0) is 23.2 Å². The molecule has 0 aliphatic carbocycles. The second-order valence-corrected chi connectivity index (χ2v) is 4.97. The van der Waals surface area contributed by atoms with E-state index in [0.717, 1.165) is 16.6 Å². The van der Waals surface area contributed by atoms with E-state index < -0.39 is 0 Å². The number of aryl methyl sites for hydroxylation is 1. The van der Waals surface area contributed by atoms with E-state index >= 15 is 0 Å². The van der Waals surface area contributed by atoms with Crippen LogP contribution in [0.15, 0.2) is 18.5 Å². The molecular formula is C17H28ClN5O2. The number of aromatic nitrogens is 2. The summed E-state index contributed by atoms with van der Waals surface area (Å²) in [5.74, 6) is -0.666. The highest BCUT2D eigenvalue weighted by atomic mass is 35.5. The average Bonchev–Trinajstić information content (AvgIpc) is 2.94. The lowest BCUT2D eigenvalue weighted by molar-refractivity contribution is -0.125. The molecule has 0 aromatic carbocycles. The number of hydrogen-bond acceptors (Lipinski definition) is 4. The SMILES string of the molecule is CC.CC.Cn1cc(Cl)c2cc(CNC(=O)CNC(=O)CN)cnc21. The first-order chi connectivity index (χ1) is 12.0. The standard InChI is InChI=1S/C13H16ClN5O2.2C2H6/c1-19-7-10(14)9-2-8(5-18-13(9)19)4-16-12(21)6-17-11(20)3-15;2*1-2/h2,5,7H,3-4,6,15H2,1H3,(H,16,21)(H,17,20);2*1-2H3. The summed E-state index contributed by atoms with van der Waals surface area (Å²) in [6, 6.07) is 1.88. The molecule has 0 aliphatic heterocycles. The monoisotopic (exact) mass is 369 g/mol.